The van der Waals surface area contributed by atoms with Gasteiger partial charge in [0.15, 0.2) is 0 Å². The molecule has 0 aliphatic carbocycles. The number of hydrogen-bond donors (Lipinski definition) is 0. The van der Waals surface area contributed by atoms with Gasteiger partial charge in [-0.1, -0.05) is 0 Å². The standard InChI is InChI=1S/C8H6F3NO/c1-5-2-6(4-13)3-7(12-5)8(9,10)11/h2-4H,1H3. The fourth-order valence-corrected chi connectivity index (χ4v) is 0.909. The number of alkyl halides is 3. The fourth-order valence-electron chi connectivity index (χ4n) is 0.909. The van der Waals surface area contributed by atoms with E-state index in [1.165, 1.54) is 13.0 Å². The molecule has 70 valence electrons. The minimum atomic E-state index is -4.50. The van der Waals surface area contributed by atoms with Crippen molar-refractivity contribution >= 4 is 6.29 Å². The predicted octanol–water partition coefficient (Wildman–Crippen LogP) is 2.22. The Morgan fingerprint density at radius 1 is 1.38 bits per heavy atom. The number of aromatic nitrogens is 1. The molecule has 0 aliphatic rings. The normalized spacial score (nSPS) is 11.4. The Balaban J connectivity index is 3.24. The first-order valence-corrected chi connectivity index (χ1v) is 3.44. The summed E-state index contributed by atoms with van der Waals surface area (Å²) < 4.78 is 36.3. The van der Waals surface area contributed by atoms with E-state index < -0.39 is 11.9 Å². The van der Waals surface area contributed by atoms with Gasteiger partial charge >= 0.3 is 6.18 Å². The molecule has 1 heterocycles. The van der Waals surface area contributed by atoms with E-state index in [0.717, 1.165) is 6.07 Å². The maximum Gasteiger partial charge on any atom is 0.433 e. The second kappa shape index (κ2) is 3.16. The molecule has 5 heteroatoms. The number of aldehydes is 1. The van der Waals surface area contributed by atoms with Crippen LogP contribution in [0.25, 0.3) is 0 Å². The Hall–Kier alpha value is -1.39. The van der Waals surface area contributed by atoms with Crippen molar-refractivity contribution in [3.05, 3.63) is 29.1 Å². The molecule has 0 aliphatic heterocycles. The average Bonchev–Trinajstić information content (AvgIpc) is 2.01. The number of halogens is 3. The van der Waals surface area contributed by atoms with E-state index in [4.69, 9.17) is 0 Å². The van der Waals surface area contributed by atoms with Crippen LogP contribution in [0.1, 0.15) is 21.7 Å². The molecule has 1 rings (SSSR count). The first-order valence-electron chi connectivity index (χ1n) is 3.44. The molecular formula is C8H6F3NO. The van der Waals surface area contributed by atoms with Crippen LogP contribution < -0.4 is 0 Å². The summed E-state index contributed by atoms with van der Waals surface area (Å²) >= 11 is 0. The Labute approximate surface area is 72.4 Å². The number of nitrogens with zero attached hydrogens (tertiary/aromatic N) is 1. The Morgan fingerprint density at radius 2 is 2.00 bits per heavy atom. The zero-order valence-electron chi connectivity index (χ0n) is 6.72. The van der Waals surface area contributed by atoms with Gasteiger partial charge < -0.3 is 0 Å². The van der Waals surface area contributed by atoms with Crippen molar-refractivity contribution in [2.45, 2.75) is 13.1 Å². The summed E-state index contributed by atoms with van der Waals surface area (Å²) in [6.45, 7) is 1.40. The van der Waals surface area contributed by atoms with Crippen molar-refractivity contribution in [2.75, 3.05) is 0 Å². The molecule has 0 unspecified atom stereocenters. The molecule has 2 nitrogen and oxygen atoms in total. The Morgan fingerprint density at radius 3 is 2.46 bits per heavy atom. The van der Waals surface area contributed by atoms with Crippen LogP contribution in [0.15, 0.2) is 12.1 Å². The van der Waals surface area contributed by atoms with Crippen LogP contribution in [-0.2, 0) is 6.18 Å². The van der Waals surface area contributed by atoms with Gasteiger partial charge in [-0.25, -0.2) is 4.98 Å². The molecular weight excluding hydrogens is 183 g/mol. The summed E-state index contributed by atoms with van der Waals surface area (Å²) in [6, 6.07) is 2.02. The van der Waals surface area contributed by atoms with Crippen LogP contribution in [0.2, 0.25) is 0 Å². The van der Waals surface area contributed by atoms with Crippen molar-refractivity contribution in [3.8, 4) is 0 Å². The molecule has 1 aromatic heterocycles. The molecule has 0 saturated heterocycles. The largest absolute Gasteiger partial charge is 0.433 e. The minimum absolute atomic E-state index is 0.0141. The van der Waals surface area contributed by atoms with Crippen molar-refractivity contribution in [1.29, 1.82) is 0 Å². The third-order valence-corrected chi connectivity index (χ3v) is 1.40. The highest BCUT2D eigenvalue weighted by Gasteiger charge is 2.32. The van der Waals surface area contributed by atoms with E-state index in [9.17, 15) is 18.0 Å². The third kappa shape index (κ3) is 2.27. The highest BCUT2D eigenvalue weighted by atomic mass is 19.4. The van der Waals surface area contributed by atoms with Gasteiger partial charge in [-0.05, 0) is 19.1 Å². The van der Waals surface area contributed by atoms with Crippen molar-refractivity contribution < 1.29 is 18.0 Å². The van der Waals surface area contributed by atoms with E-state index in [1.54, 1.807) is 0 Å². The summed E-state index contributed by atoms with van der Waals surface area (Å²) in [6.07, 6.45) is -4.13. The molecule has 0 bridgehead atoms. The number of carbonyl (C=O) groups is 1. The zero-order valence-corrected chi connectivity index (χ0v) is 6.72. The molecule has 0 N–H and O–H groups in total. The lowest BCUT2D eigenvalue weighted by Crippen LogP contribution is -2.09. The monoisotopic (exact) mass is 189 g/mol. The van der Waals surface area contributed by atoms with Gasteiger partial charge in [0.05, 0.1) is 0 Å². The molecule has 0 fully saturated rings. The topological polar surface area (TPSA) is 30.0 Å². The van der Waals surface area contributed by atoms with Crippen molar-refractivity contribution in [2.24, 2.45) is 0 Å². The summed E-state index contributed by atoms with van der Waals surface area (Å²) in [5.41, 5.74) is -0.869. The lowest BCUT2D eigenvalue weighted by Gasteiger charge is -2.06. The van der Waals surface area contributed by atoms with Gasteiger partial charge in [-0.2, -0.15) is 13.2 Å². The van der Waals surface area contributed by atoms with E-state index in [2.05, 4.69) is 4.98 Å². The number of rotatable bonds is 1. The summed E-state index contributed by atoms with van der Waals surface area (Å²) in [5.74, 6) is 0. The lowest BCUT2D eigenvalue weighted by atomic mass is 10.2. The quantitative estimate of drug-likeness (QED) is 0.634. The number of carbonyl (C=O) groups excluding carboxylic acids is 1. The zero-order chi connectivity index (χ0) is 10.1. The highest BCUT2D eigenvalue weighted by molar-refractivity contribution is 5.75. The van der Waals surface area contributed by atoms with Crippen LogP contribution in [0.3, 0.4) is 0 Å². The molecule has 0 amide bonds. The number of pyridine rings is 1. The molecule has 0 saturated carbocycles. The second-order valence-electron chi connectivity index (χ2n) is 2.54. The van der Waals surface area contributed by atoms with Crippen LogP contribution >= 0.6 is 0 Å². The maximum absolute atomic E-state index is 12.1. The minimum Gasteiger partial charge on any atom is -0.298 e. The van der Waals surface area contributed by atoms with E-state index in [0.29, 0.717) is 6.29 Å². The molecule has 13 heavy (non-hydrogen) atoms. The fraction of sp³-hybridized carbons (Fsp3) is 0.250. The Kier molecular flexibility index (Phi) is 2.36. The van der Waals surface area contributed by atoms with Gasteiger partial charge in [0.25, 0.3) is 0 Å². The van der Waals surface area contributed by atoms with Gasteiger partial charge in [-0.3, -0.25) is 4.79 Å². The third-order valence-electron chi connectivity index (χ3n) is 1.40. The summed E-state index contributed by atoms with van der Waals surface area (Å²) in [4.78, 5) is 13.5. The van der Waals surface area contributed by atoms with E-state index in [-0.39, 0.29) is 11.3 Å². The SMILES string of the molecule is Cc1cc(C=O)cc(C(F)(F)F)n1. The average molecular weight is 189 g/mol. The Bertz CT molecular complexity index is 333. The van der Waals surface area contributed by atoms with Gasteiger partial charge in [-0.15, -0.1) is 0 Å². The van der Waals surface area contributed by atoms with Gasteiger partial charge in [0.2, 0.25) is 0 Å². The van der Waals surface area contributed by atoms with Gasteiger partial charge in [0, 0.05) is 11.3 Å². The van der Waals surface area contributed by atoms with Crippen LogP contribution in [0.5, 0.6) is 0 Å². The molecule has 0 spiro atoms. The van der Waals surface area contributed by atoms with Crippen molar-refractivity contribution in [3.63, 3.8) is 0 Å². The first kappa shape index (κ1) is 9.70. The highest BCUT2D eigenvalue weighted by Crippen LogP contribution is 2.27. The second-order valence-corrected chi connectivity index (χ2v) is 2.54. The van der Waals surface area contributed by atoms with Crippen LogP contribution in [-0.4, -0.2) is 11.3 Å². The summed E-state index contributed by atoms with van der Waals surface area (Å²) in [7, 11) is 0. The van der Waals surface area contributed by atoms with Crippen LogP contribution in [0.4, 0.5) is 13.2 Å². The number of hydrogen-bond acceptors (Lipinski definition) is 2. The first-order chi connectivity index (χ1) is 5.93. The smallest absolute Gasteiger partial charge is 0.298 e. The van der Waals surface area contributed by atoms with E-state index in [1.807, 2.05) is 0 Å². The molecule has 1 aromatic rings. The molecule has 0 aromatic carbocycles. The van der Waals surface area contributed by atoms with Gasteiger partial charge in [0.1, 0.15) is 12.0 Å². The molecule has 0 atom stereocenters. The summed E-state index contributed by atoms with van der Waals surface area (Å²) in [5, 5.41) is 0. The predicted molar refractivity (Wildman–Crippen MR) is 39.4 cm³/mol. The molecule has 0 radical (unpaired) electrons. The maximum atomic E-state index is 12.1. The van der Waals surface area contributed by atoms with Crippen molar-refractivity contribution in [1.82, 2.24) is 4.98 Å². The number of aryl methyl sites for hydroxylation is 1. The van der Waals surface area contributed by atoms with E-state index >= 15 is 0 Å². The lowest BCUT2D eigenvalue weighted by molar-refractivity contribution is -0.141. The van der Waals surface area contributed by atoms with Crippen LogP contribution in [0, 0.1) is 6.92 Å².